The number of benzene rings is 1. The molecule has 1 aliphatic heterocycles. The smallest absolute Gasteiger partial charge is 0.338 e. The van der Waals surface area contributed by atoms with E-state index in [4.69, 9.17) is 4.74 Å². The summed E-state index contributed by atoms with van der Waals surface area (Å²) in [5, 5.41) is 2.55. The van der Waals surface area contributed by atoms with Gasteiger partial charge in [-0.2, -0.15) is 0 Å². The van der Waals surface area contributed by atoms with Gasteiger partial charge in [0.1, 0.15) is 0 Å². The molecule has 148 valence electrons. The van der Waals surface area contributed by atoms with Crippen LogP contribution in [0.2, 0.25) is 0 Å². The largest absolute Gasteiger partial charge is 0.449 e. The average Bonchev–Trinajstić information content (AvgIpc) is 2.96. The van der Waals surface area contributed by atoms with Crippen LogP contribution in [-0.2, 0) is 9.53 Å². The number of ether oxygens (including phenoxy) is 1. The minimum absolute atomic E-state index is 0.0786. The van der Waals surface area contributed by atoms with Gasteiger partial charge in [-0.15, -0.1) is 6.58 Å². The van der Waals surface area contributed by atoms with Crippen LogP contribution in [0.15, 0.2) is 30.9 Å². The molecule has 1 saturated carbocycles. The van der Waals surface area contributed by atoms with Crippen molar-refractivity contribution < 1.29 is 23.9 Å². The molecule has 0 spiro atoms. The topological polar surface area (TPSA) is 92.8 Å². The Labute approximate surface area is 163 Å². The average molecular weight is 384 g/mol. The van der Waals surface area contributed by atoms with Crippen molar-refractivity contribution in [2.75, 3.05) is 6.54 Å². The Morgan fingerprint density at radius 1 is 1.21 bits per heavy atom. The second-order valence-electron chi connectivity index (χ2n) is 7.11. The number of carbonyl (C=O) groups excluding carboxylic acids is 4. The number of hydrogen-bond acceptors (Lipinski definition) is 5. The lowest BCUT2D eigenvalue weighted by Gasteiger charge is -2.29. The van der Waals surface area contributed by atoms with Gasteiger partial charge in [-0.3, -0.25) is 19.3 Å². The molecule has 0 radical (unpaired) electrons. The van der Waals surface area contributed by atoms with Gasteiger partial charge in [0, 0.05) is 12.6 Å². The summed E-state index contributed by atoms with van der Waals surface area (Å²) < 4.78 is 5.17. The van der Waals surface area contributed by atoms with E-state index in [1.165, 1.54) is 36.1 Å². The Kier molecular flexibility index (Phi) is 5.92. The summed E-state index contributed by atoms with van der Waals surface area (Å²) in [7, 11) is 0. The molecular weight excluding hydrogens is 360 g/mol. The number of esters is 1. The molecule has 1 aromatic carbocycles. The third kappa shape index (κ3) is 3.83. The lowest BCUT2D eigenvalue weighted by molar-refractivity contribution is -0.128. The molecule has 2 aliphatic rings. The van der Waals surface area contributed by atoms with Crippen LogP contribution in [0.4, 0.5) is 0 Å². The first kappa shape index (κ1) is 19.8. The van der Waals surface area contributed by atoms with E-state index in [0.29, 0.717) is 5.56 Å². The highest BCUT2D eigenvalue weighted by Gasteiger charge is 2.40. The fourth-order valence-corrected chi connectivity index (χ4v) is 3.66. The molecule has 0 saturated heterocycles. The summed E-state index contributed by atoms with van der Waals surface area (Å²) in [5.74, 6) is -1.83. The maximum atomic E-state index is 12.8. The van der Waals surface area contributed by atoms with Crippen LogP contribution < -0.4 is 5.32 Å². The van der Waals surface area contributed by atoms with Gasteiger partial charge in [0.05, 0.1) is 16.7 Å². The first-order valence-electron chi connectivity index (χ1n) is 9.55. The highest BCUT2D eigenvalue weighted by atomic mass is 16.5. The zero-order chi connectivity index (χ0) is 20.3. The normalized spacial score (nSPS) is 17.8. The van der Waals surface area contributed by atoms with Gasteiger partial charge in [0.15, 0.2) is 6.10 Å². The third-order valence-corrected chi connectivity index (χ3v) is 5.17. The first-order valence-corrected chi connectivity index (χ1v) is 9.55. The quantitative estimate of drug-likeness (QED) is 0.462. The minimum atomic E-state index is -0.989. The van der Waals surface area contributed by atoms with Crippen LogP contribution in [-0.4, -0.2) is 47.3 Å². The van der Waals surface area contributed by atoms with Crippen LogP contribution in [0.5, 0.6) is 0 Å². The van der Waals surface area contributed by atoms with Gasteiger partial charge < -0.3 is 10.1 Å². The van der Waals surface area contributed by atoms with Crippen LogP contribution in [0.25, 0.3) is 0 Å². The minimum Gasteiger partial charge on any atom is -0.449 e. The van der Waals surface area contributed by atoms with Gasteiger partial charge in [0.2, 0.25) is 0 Å². The first-order chi connectivity index (χ1) is 13.4. The zero-order valence-electron chi connectivity index (χ0n) is 15.9. The highest BCUT2D eigenvalue weighted by molar-refractivity contribution is 6.22. The maximum absolute atomic E-state index is 12.8. The summed E-state index contributed by atoms with van der Waals surface area (Å²) >= 11 is 0. The van der Waals surface area contributed by atoms with E-state index in [-0.39, 0.29) is 35.5 Å². The van der Waals surface area contributed by atoms with Crippen molar-refractivity contribution in [2.24, 2.45) is 0 Å². The summed E-state index contributed by atoms with van der Waals surface area (Å²) in [5.41, 5.74) is 0.659. The van der Waals surface area contributed by atoms with Crippen LogP contribution in [0.3, 0.4) is 0 Å². The predicted octanol–water partition coefficient (Wildman–Crippen LogP) is 2.46. The van der Waals surface area contributed by atoms with E-state index >= 15 is 0 Å². The molecular formula is C21H24N2O5. The van der Waals surface area contributed by atoms with Crippen LogP contribution in [0.1, 0.15) is 70.1 Å². The van der Waals surface area contributed by atoms with E-state index in [1.807, 2.05) is 0 Å². The van der Waals surface area contributed by atoms with Crippen molar-refractivity contribution >= 4 is 23.7 Å². The number of amides is 3. The van der Waals surface area contributed by atoms with Crippen molar-refractivity contribution in [3.8, 4) is 0 Å². The third-order valence-electron chi connectivity index (χ3n) is 5.17. The van der Waals surface area contributed by atoms with Crippen molar-refractivity contribution in [2.45, 2.75) is 51.2 Å². The number of nitrogens with zero attached hydrogens (tertiary/aromatic N) is 1. The van der Waals surface area contributed by atoms with Gasteiger partial charge in [-0.1, -0.05) is 25.3 Å². The van der Waals surface area contributed by atoms with E-state index < -0.39 is 18.0 Å². The van der Waals surface area contributed by atoms with Crippen LogP contribution >= 0.6 is 0 Å². The second kappa shape index (κ2) is 8.37. The van der Waals surface area contributed by atoms with Crippen molar-refractivity contribution in [3.05, 3.63) is 47.5 Å². The molecule has 7 nitrogen and oxygen atoms in total. The lowest BCUT2D eigenvalue weighted by Crippen LogP contribution is -2.40. The number of rotatable bonds is 6. The maximum Gasteiger partial charge on any atom is 0.338 e. The van der Waals surface area contributed by atoms with E-state index in [2.05, 4.69) is 11.9 Å². The molecule has 0 bridgehead atoms. The summed E-state index contributed by atoms with van der Waals surface area (Å²) in [6.45, 7) is 5.23. The SMILES string of the molecule is C=CCNC(=O)[C@@H](C)OC(=O)c1ccc2c(c1)C(=O)N(C1CCCCC1)C2=O. The monoisotopic (exact) mass is 384 g/mol. The van der Waals surface area contributed by atoms with E-state index in [0.717, 1.165) is 32.1 Å². The lowest BCUT2D eigenvalue weighted by atomic mass is 9.94. The molecule has 1 atom stereocenters. The molecule has 1 N–H and O–H groups in total. The van der Waals surface area contributed by atoms with E-state index in [9.17, 15) is 19.2 Å². The molecule has 1 aliphatic carbocycles. The van der Waals surface area contributed by atoms with Crippen LogP contribution in [0, 0.1) is 0 Å². The molecule has 3 rings (SSSR count). The van der Waals surface area contributed by atoms with E-state index in [1.54, 1.807) is 0 Å². The second-order valence-corrected chi connectivity index (χ2v) is 7.11. The zero-order valence-corrected chi connectivity index (χ0v) is 15.9. The fourth-order valence-electron chi connectivity index (χ4n) is 3.66. The molecule has 1 fully saturated rings. The Morgan fingerprint density at radius 3 is 2.57 bits per heavy atom. The number of imide groups is 1. The summed E-state index contributed by atoms with van der Waals surface area (Å²) in [6.07, 6.45) is 5.29. The Balaban J connectivity index is 1.74. The van der Waals surface area contributed by atoms with Crippen molar-refractivity contribution in [3.63, 3.8) is 0 Å². The Morgan fingerprint density at radius 2 is 1.89 bits per heavy atom. The standard InChI is InChI=1S/C21H24N2O5/c1-3-11-22-18(24)13(2)28-21(27)14-9-10-16-17(12-14)20(26)23(19(16)25)15-7-5-4-6-8-15/h3,9-10,12-13,15H,1,4-8,11H2,2H3,(H,22,24)/t13-/m1/s1. The van der Waals surface area contributed by atoms with Gasteiger partial charge >= 0.3 is 5.97 Å². The molecule has 1 aromatic rings. The molecule has 1 heterocycles. The summed E-state index contributed by atoms with van der Waals surface area (Å²) in [6, 6.07) is 4.24. The molecule has 28 heavy (non-hydrogen) atoms. The van der Waals surface area contributed by atoms with Gasteiger partial charge in [0.25, 0.3) is 17.7 Å². The van der Waals surface area contributed by atoms with Crippen molar-refractivity contribution in [1.29, 1.82) is 0 Å². The molecule has 0 aromatic heterocycles. The van der Waals surface area contributed by atoms with Crippen molar-refractivity contribution in [1.82, 2.24) is 10.2 Å². The molecule has 3 amide bonds. The highest BCUT2D eigenvalue weighted by Crippen LogP contribution is 2.31. The fraction of sp³-hybridized carbons (Fsp3) is 0.429. The Bertz CT molecular complexity index is 826. The number of nitrogens with one attached hydrogen (secondary N) is 1. The predicted molar refractivity (Wildman–Crippen MR) is 102 cm³/mol. The number of hydrogen-bond donors (Lipinski definition) is 1. The number of fused-ring (bicyclic) bond motifs is 1. The van der Waals surface area contributed by atoms with Gasteiger partial charge in [-0.05, 0) is 38.0 Å². The summed E-state index contributed by atoms with van der Waals surface area (Å²) in [4.78, 5) is 51.0. The number of carbonyl (C=O) groups is 4. The molecule has 0 unspecified atom stereocenters. The molecule has 7 heteroatoms. The van der Waals surface area contributed by atoms with Gasteiger partial charge in [-0.25, -0.2) is 4.79 Å². The Hall–Kier alpha value is -2.96.